The predicted octanol–water partition coefficient (Wildman–Crippen LogP) is 1.51. The highest BCUT2D eigenvalue weighted by Crippen LogP contribution is 2.09. The maximum atomic E-state index is 5.02. The van der Waals surface area contributed by atoms with Gasteiger partial charge in [0.05, 0.1) is 12.5 Å². The third-order valence-electron chi connectivity index (χ3n) is 2.80. The summed E-state index contributed by atoms with van der Waals surface area (Å²) < 4.78 is 5.02. The molecule has 0 radical (unpaired) electrons. The molecule has 0 saturated carbocycles. The third kappa shape index (κ3) is 2.59. The Hall–Kier alpha value is -0.800. The minimum atomic E-state index is 0.644. The van der Waals surface area contributed by atoms with E-state index in [0.29, 0.717) is 12.1 Å². The van der Waals surface area contributed by atoms with E-state index in [-0.39, 0.29) is 0 Å². The number of hydrogen-bond acceptors (Lipinski definition) is 3. The van der Waals surface area contributed by atoms with Crippen molar-refractivity contribution in [2.45, 2.75) is 38.4 Å². The van der Waals surface area contributed by atoms with E-state index < -0.39 is 0 Å². The van der Waals surface area contributed by atoms with Gasteiger partial charge in [0, 0.05) is 24.2 Å². The first-order valence-electron chi connectivity index (χ1n) is 5.32. The number of nitrogens with one attached hydrogen (secondary N) is 2. The molecule has 2 N–H and O–H groups in total. The van der Waals surface area contributed by atoms with E-state index in [1.54, 1.807) is 12.5 Å². The zero-order valence-corrected chi connectivity index (χ0v) is 8.62. The van der Waals surface area contributed by atoms with Crippen LogP contribution < -0.4 is 10.6 Å². The molecule has 14 heavy (non-hydrogen) atoms. The van der Waals surface area contributed by atoms with Crippen LogP contribution in [0.15, 0.2) is 23.0 Å². The molecule has 3 nitrogen and oxygen atoms in total. The molecule has 2 unspecified atom stereocenters. The molecule has 2 rings (SSSR count). The first-order chi connectivity index (χ1) is 6.84. The molecule has 0 aromatic carbocycles. The first-order valence-corrected chi connectivity index (χ1v) is 5.32. The number of piperidine rings is 1. The monoisotopic (exact) mass is 194 g/mol. The molecule has 1 aliphatic heterocycles. The van der Waals surface area contributed by atoms with Gasteiger partial charge in [-0.2, -0.15) is 0 Å². The fraction of sp³-hybridized carbons (Fsp3) is 0.636. The molecule has 78 valence electrons. The summed E-state index contributed by atoms with van der Waals surface area (Å²) in [4.78, 5) is 0. The van der Waals surface area contributed by atoms with Gasteiger partial charge in [0.2, 0.25) is 0 Å². The summed E-state index contributed by atoms with van der Waals surface area (Å²) in [7, 11) is 0. The molecular formula is C11H18N2O. The summed E-state index contributed by atoms with van der Waals surface area (Å²) in [6.07, 6.45) is 5.97. The minimum absolute atomic E-state index is 0.644. The highest BCUT2D eigenvalue weighted by atomic mass is 16.3. The van der Waals surface area contributed by atoms with E-state index in [9.17, 15) is 0 Å². The van der Waals surface area contributed by atoms with Gasteiger partial charge in [0.15, 0.2) is 0 Å². The Morgan fingerprint density at radius 1 is 1.64 bits per heavy atom. The average Bonchev–Trinajstić information content (AvgIpc) is 2.67. The van der Waals surface area contributed by atoms with Gasteiger partial charge >= 0.3 is 0 Å². The van der Waals surface area contributed by atoms with Gasteiger partial charge in [-0.1, -0.05) is 0 Å². The van der Waals surface area contributed by atoms with Crippen LogP contribution in [0.3, 0.4) is 0 Å². The Morgan fingerprint density at radius 2 is 2.57 bits per heavy atom. The van der Waals surface area contributed by atoms with E-state index in [0.717, 1.165) is 13.1 Å². The lowest BCUT2D eigenvalue weighted by Crippen LogP contribution is -2.44. The fourth-order valence-electron chi connectivity index (χ4n) is 1.97. The summed E-state index contributed by atoms with van der Waals surface area (Å²) in [5.41, 5.74) is 1.23. The van der Waals surface area contributed by atoms with Crippen LogP contribution in [0.4, 0.5) is 0 Å². The van der Waals surface area contributed by atoms with Crippen molar-refractivity contribution < 1.29 is 4.42 Å². The summed E-state index contributed by atoms with van der Waals surface area (Å²) in [6.45, 7) is 4.30. The topological polar surface area (TPSA) is 37.2 Å². The second-order valence-electron chi connectivity index (χ2n) is 4.09. The zero-order chi connectivity index (χ0) is 9.80. The molecule has 3 heteroatoms. The molecule has 1 aromatic heterocycles. The van der Waals surface area contributed by atoms with Crippen molar-refractivity contribution in [3.8, 4) is 0 Å². The molecule has 0 amide bonds. The highest BCUT2D eigenvalue weighted by molar-refractivity contribution is 5.04. The lowest BCUT2D eigenvalue weighted by Gasteiger charge is -2.28. The van der Waals surface area contributed by atoms with E-state index >= 15 is 0 Å². The summed E-state index contributed by atoms with van der Waals surface area (Å²) in [5.74, 6) is 0. The van der Waals surface area contributed by atoms with Crippen molar-refractivity contribution in [3.63, 3.8) is 0 Å². The maximum Gasteiger partial charge on any atom is 0.0947 e. The van der Waals surface area contributed by atoms with Gasteiger partial charge in [-0.15, -0.1) is 0 Å². The van der Waals surface area contributed by atoms with E-state index in [1.807, 2.05) is 6.07 Å². The summed E-state index contributed by atoms with van der Waals surface area (Å²) in [5, 5.41) is 7.00. The van der Waals surface area contributed by atoms with Crippen LogP contribution in [0.5, 0.6) is 0 Å². The molecule has 1 aromatic rings. The van der Waals surface area contributed by atoms with Crippen LogP contribution in [-0.2, 0) is 6.54 Å². The van der Waals surface area contributed by atoms with Crippen LogP contribution in [0.2, 0.25) is 0 Å². The Morgan fingerprint density at radius 3 is 3.29 bits per heavy atom. The Kier molecular flexibility index (Phi) is 3.22. The van der Waals surface area contributed by atoms with Crippen molar-refractivity contribution in [1.29, 1.82) is 0 Å². The lowest BCUT2D eigenvalue weighted by molar-refractivity contribution is 0.331. The van der Waals surface area contributed by atoms with Gasteiger partial charge < -0.3 is 15.1 Å². The van der Waals surface area contributed by atoms with Crippen molar-refractivity contribution in [2.75, 3.05) is 6.54 Å². The predicted molar refractivity (Wildman–Crippen MR) is 56.0 cm³/mol. The van der Waals surface area contributed by atoms with Crippen LogP contribution in [0, 0.1) is 0 Å². The first kappa shape index (κ1) is 9.74. The Balaban J connectivity index is 1.75. The normalized spacial score (nSPS) is 27.8. The number of rotatable bonds is 3. The fourth-order valence-corrected chi connectivity index (χ4v) is 1.97. The molecule has 0 aliphatic carbocycles. The van der Waals surface area contributed by atoms with Crippen molar-refractivity contribution in [3.05, 3.63) is 24.2 Å². The highest BCUT2D eigenvalue weighted by Gasteiger charge is 2.17. The quantitative estimate of drug-likeness (QED) is 0.766. The Bertz CT molecular complexity index is 258. The van der Waals surface area contributed by atoms with Crippen molar-refractivity contribution in [1.82, 2.24) is 10.6 Å². The van der Waals surface area contributed by atoms with Crippen molar-refractivity contribution in [2.24, 2.45) is 0 Å². The van der Waals surface area contributed by atoms with Gasteiger partial charge in [-0.05, 0) is 32.4 Å². The van der Waals surface area contributed by atoms with E-state index in [1.165, 1.54) is 18.4 Å². The van der Waals surface area contributed by atoms with Gasteiger partial charge in [0.25, 0.3) is 0 Å². The molecular weight excluding hydrogens is 176 g/mol. The summed E-state index contributed by atoms with van der Waals surface area (Å²) >= 11 is 0. The SMILES string of the molecule is CC1CC(NCc2ccoc2)CCN1. The molecule has 0 spiro atoms. The van der Waals surface area contributed by atoms with Gasteiger partial charge in [-0.25, -0.2) is 0 Å². The smallest absolute Gasteiger partial charge is 0.0947 e. The lowest BCUT2D eigenvalue weighted by atomic mass is 10.0. The van der Waals surface area contributed by atoms with Crippen LogP contribution in [0.1, 0.15) is 25.3 Å². The number of furan rings is 1. The van der Waals surface area contributed by atoms with Crippen LogP contribution >= 0.6 is 0 Å². The standard InChI is InChI=1S/C11H18N2O/c1-9-6-11(2-4-12-9)13-7-10-3-5-14-8-10/h3,5,8-9,11-13H,2,4,6-7H2,1H3. The average molecular weight is 194 g/mol. The van der Waals surface area contributed by atoms with E-state index in [4.69, 9.17) is 4.42 Å². The molecule has 1 fully saturated rings. The number of hydrogen-bond donors (Lipinski definition) is 2. The van der Waals surface area contributed by atoms with E-state index in [2.05, 4.69) is 17.6 Å². The minimum Gasteiger partial charge on any atom is -0.472 e. The molecule has 2 heterocycles. The molecule has 0 bridgehead atoms. The zero-order valence-electron chi connectivity index (χ0n) is 8.62. The van der Waals surface area contributed by atoms with Crippen LogP contribution in [0.25, 0.3) is 0 Å². The van der Waals surface area contributed by atoms with Gasteiger partial charge in [-0.3, -0.25) is 0 Å². The third-order valence-corrected chi connectivity index (χ3v) is 2.80. The maximum absolute atomic E-state index is 5.02. The summed E-state index contributed by atoms with van der Waals surface area (Å²) in [6, 6.07) is 3.31. The van der Waals surface area contributed by atoms with Crippen molar-refractivity contribution >= 4 is 0 Å². The second kappa shape index (κ2) is 4.62. The Labute approximate surface area is 84.9 Å². The molecule has 2 atom stereocenters. The second-order valence-corrected chi connectivity index (χ2v) is 4.09. The molecule has 1 saturated heterocycles. The largest absolute Gasteiger partial charge is 0.472 e. The van der Waals surface area contributed by atoms with Gasteiger partial charge in [0.1, 0.15) is 0 Å². The van der Waals surface area contributed by atoms with Crippen LogP contribution in [-0.4, -0.2) is 18.6 Å². The molecule has 1 aliphatic rings.